The topological polar surface area (TPSA) is 78.7 Å². The van der Waals surface area contributed by atoms with Crippen molar-refractivity contribution in [2.75, 3.05) is 29.9 Å². The van der Waals surface area contributed by atoms with Crippen molar-refractivity contribution in [3.05, 3.63) is 84.4 Å². The molecule has 1 N–H and O–H groups in total. The Labute approximate surface area is 209 Å². The zero-order valence-electron chi connectivity index (χ0n) is 20.3. The summed E-state index contributed by atoms with van der Waals surface area (Å²) in [6.45, 7) is 6.02. The van der Waals surface area contributed by atoms with E-state index in [0.29, 0.717) is 19.6 Å². The predicted octanol–water partition coefficient (Wildman–Crippen LogP) is 5.00. The van der Waals surface area contributed by atoms with Gasteiger partial charge in [-0.15, -0.1) is 10.2 Å². The van der Waals surface area contributed by atoms with Crippen molar-refractivity contribution in [2.45, 2.75) is 19.9 Å². The number of nitrogens with one attached hydrogen (secondary N) is 1. The molecule has 180 valence electrons. The maximum absolute atomic E-state index is 13.0. The van der Waals surface area contributed by atoms with Crippen LogP contribution in [0.3, 0.4) is 0 Å². The average Bonchev–Trinajstić information content (AvgIpc) is 3.34. The number of nitrogens with zero attached hydrogens (tertiary/aromatic N) is 6. The Balaban J connectivity index is 1.37. The first-order chi connectivity index (χ1) is 17.6. The second kappa shape index (κ2) is 8.96. The van der Waals surface area contributed by atoms with Gasteiger partial charge in [-0.1, -0.05) is 54.1 Å². The first-order valence-electron chi connectivity index (χ1n) is 12.2. The molecule has 1 aliphatic heterocycles. The number of piperazine rings is 1. The number of fused-ring (bicyclic) bond motifs is 3. The molecule has 8 heteroatoms. The Morgan fingerprint density at radius 3 is 2.56 bits per heavy atom. The number of rotatable bonds is 3. The van der Waals surface area contributed by atoms with E-state index in [0.717, 1.165) is 45.1 Å². The minimum Gasteiger partial charge on any atom is -0.338 e. The summed E-state index contributed by atoms with van der Waals surface area (Å²) >= 11 is 0. The van der Waals surface area contributed by atoms with Gasteiger partial charge in [0.25, 0.3) is 0 Å². The van der Waals surface area contributed by atoms with E-state index >= 15 is 0 Å². The minimum atomic E-state index is -0.0882. The Kier molecular flexibility index (Phi) is 5.48. The minimum absolute atomic E-state index is 0.00955. The third-order valence-corrected chi connectivity index (χ3v) is 6.70. The number of aryl methyl sites for hydroxylation is 1. The molecule has 1 saturated heterocycles. The lowest BCUT2D eigenvalue weighted by Crippen LogP contribution is -2.55. The molecule has 1 aliphatic rings. The molecule has 36 heavy (non-hydrogen) atoms. The zero-order valence-corrected chi connectivity index (χ0v) is 20.3. The Hall–Kier alpha value is -4.46. The molecule has 0 unspecified atom stereocenters. The number of benzene rings is 3. The predicted molar refractivity (Wildman–Crippen MR) is 142 cm³/mol. The molecule has 8 nitrogen and oxygen atoms in total. The van der Waals surface area contributed by atoms with Gasteiger partial charge in [-0.3, -0.25) is 0 Å². The number of para-hydroxylation sites is 2. The summed E-state index contributed by atoms with van der Waals surface area (Å²) < 4.78 is 2.06. The van der Waals surface area contributed by atoms with Gasteiger partial charge in [-0.2, -0.15) is 0 Å². The van der Waals surface area contributed by atoms with Gasteiger partial charge in [0.05, 0.1) is 5.52 Å². The van der Waals surface area contributed by atoms with Crippen molar-refractivity contribution in [1.82, 2.24) is 24.5 Å². The standard InChI is InChI=1S/C28H27N7O/c1-19-9-8-10-21(17-19)25-31-32-26-23-13-6-7-14-24(23)30-27(35(25)26)33-15-16-34(20(2)18-33)28(36)29-22-11-4-3-5-12-22/h3-14,17,20H,15-16,18H2,1-2H3,(H,29,36)/t20-/m0/s1. The van der Waals surface area contributed by atoms with Crippen molar-refractivity contribution >= 4 is 34.2 Å². The van der Waals surface area contributed by atoms with E-state index in [1.807, 2.05) is 65.6 Å². The molecule has 6 rings (SSSR count). The summed E-state index contributed by atoms with van der Waals surface area (Å²) in [4.78, 5) is 22.2. The highest BCUT2D eigenvalue weighted by Gasteiger charge is 2.30. The van der Waals surface area contributed by atoms with Crippen molar-refractivity contribution in [3.63, 3.8) is 0 Å². The molecule has 2 aromatic heterocycles. The zero-order chi connectivity index (χ0) is 24.6. The summed E-state index contributed by atoms with van der Waals surface area (Å²) in [6, 6.07) is 25.8. The van der Waals surface area contributed by atoms with Crippen LogP contribution in [0.2, 0.25) is 0 Å². The van der Waals surface area contributed by atoms with Gasteiger partial charge in [0.2, 0.25) is 5.95 Å². The van der Waals surface area contributed by atoms with Gasteiger partial charge in [0.15, 0.2) is 11.5 Å². The SMILES string of the molecule is Cc1cccc(-c2nnc3c4ccccc4nc(N4CCN(C(=O)Nc5ccccc5)[C@@H](C)C4)n23)c1. The number of hydrogen-bond donors (Lipinski definition) is 1. The van der Waals surface area contributed by atoms with E-state index in [1.165, 1.54) is 0 Å². The maximum Gasteiger partial charge on any atom is 0.322 e. The van der Waals surface area contributed by atoms with Crippen molar-refractivity contribution < 1.29 is 4.79 Å². The fourth-order valence-corrected chi connectivity index (χ4v) is 4.91. The van der Waals surface area contributed by atoms with Crippen molar-refractivity contribution in [1.29, 1.82) is 0 Å². The number of amides is 2. The fraction of sp³-hybridized carbons (Fsp3) is 0.214. The molecular weight excluding hydrogens is 450 g/mol. The van der Waals surface area contributed by atoms with Gasteiger partial charge in [0.1, 0.15) is 0 Å². The van der Waals surface area contributed by atoms with E-state index in [2.05, 4.69) is 56.9 Å². The van der Waals surface area contributed by atoms with E-state index in [-0.39, 0.29) is 12.1 Å². The van der Waals surface area contributed by atoms with E-state index in [9.17, 15) is 4.79 Å². The number of aromatic nitrogens is 4. The summed E-state index contributed by atoms with van der Waals surface area (Å²) in [6.07, 6.45) is 0. The molecule has 5 aromatic rings. The molecule has 0 saturated carbocycles. The van der Waals surface area contributed by atoms with Gasteiger partial charge < -0.3 is 15.1 Å². The molecule has 0 radical (unpaired) electrons. The summed E-state index contributed by atoms with van der Waals surface area (Å²) in [7, 11) is 0. The van der Waals surface area contributed by atoms with Crippen molar-refractivity contribution in [2.24, 2.45) is 0 Å². The molecule has 0 spiro atoms. The van der Waals surface area contributed by atoms with Gasteiger partial charge >= 0.3 is 6.03 Å². The maximum atomic E-state index is 13.0. The van der Waals surface area contributed by atoms with Crippen LogP contribution < -0.4 is 10.2 Å². The molecular formula is C28H27N7O. The number of hydrogen-bond acceptors (Lipinski definition) is 5. The molecule has 1 fully saturated rings. The molecule has 3 heterocycles. The first kappa shape index (κ1) is 22.0. The Morgan fingerprint density at radius 2 is 1.75 bits per heavy atom. The quantitative estimate of drug-likeness (QED) is 0.396. The van der Waals surface area contributed by atoms with Crippen LogP contribution in [0.15, 0.2) is 78.9 Å². The molecule has 1 atom stereocenters. The largest absolute Gasteiger partial charge is 0.338 e. The third-order valence-electron chi connectivity index (χ3n) is 6.70. The number of urea groups is 1. The smallest absolute Gasteiger partial charge is 0.322 e. The molecule has 2 amide bonds. The average molecular weight is 478 g/mol. The van der Waals surface area contributed by atoms with Crippen LogP contribution >= 0.6 is 0 Å². The highest BCUT2D eigenvalue weighted by Crippen LogP contribution is 2.30. The normalized spacial score (nSPS) is 16.0. The lowest BCUT2D eigenvalue weighted by atomic mass is 10.1. The highest BCUT2D eigenvalue weighted by atomic mass is 16.2. The van der Waals surface area contributed by atoms with E-state index in [1.54, 1.807) is 0 Å². The fourth-order valence-electron chi connectivity index (χ4n) is 4.91. The van der Waals surface area contributed by atoms with Crippen LogP contribution in [0.5, 0.6) is 0 Å². The summed E-state index contributed by atoms with van der Waals surface area (Å²) in [5.74, 6) is 1.55. The first-order valence-corrected chi connectivity index (χ1v) is 12.2. The molecule has 0 bridgehead atoms. The van der Waals surface area contributed by atoms with Crippen LogP contribution in [0.4, 0.5) is 16.4 Å². The van der Waals surface area contributed by atoms with Crippen molar-refractivity contribution in [3.8, 4) is 11.4 Å². The van der Waals surface area contributed by atoms with Crippen LogP contribution in [0.1, 0.15) is 12.5 Å². The summed E-state index contributed by atoms with van der Waals surface area (Å²) in [5.41, 5.74) is 4.60. The van der Waals surface area contributed by atoms with Crippen LogP contribution in [-0.2, 0) is 0 Å². The number of carbonyl (C=O) groups excluding carboxylic acids is 1. The monoisotopic (exact) mass is 477 g/mol. The molecule has 0 aliphatic carbocycles. The van der Waals surface area contributed by atoms with E-state index < -0.39 is 0 Å². The van der Waals surface area contributed by atoms with Gasteiger partial charge in [-0.25, -0.2) is 14.2 Å². The Morgan fingerprint density at radius 1 is 0.944 bits per heavy atom. The van der Waals surface area contributed by atoms with E-state index in [4.69, 9.17) is 4.98 Å². The lowest BCUT2D eigenvalue weighted by Gasteiger charge is -2.40. The molecule has 3 aromatic carbocycles. The summed E-state index contributed by atoms with van der Waals surface area (Å²) in [5, 5.41) is 13.2. The van der Waals surface area contributed by atoms with Gasteiger partial charge in [0, 0.05) is 42.3 Å². The third kappa shape index (κ3) is 3.90. The van der Waals surface area contributed by atoms with Gasteiger partial charge in [-0.05, 0) is 44.2 Å². The van der Waals surface area contributed by atoms with Crippen LogP contribution in [0, 0.1) is 6.92 Å². The lowest BCUT2D eigenvalue weighted by molar-refractivity contribution is 0.184. The highest BCUT2D eigenvalue weighted by molar-refractivity contribution is 5.93. The van der Waals surface area contributed by atoms with Crippen LogP contribution in [-0.4, -0.2) is 56.2 Å². The number of anilines is 2. The second-order valence-electron chi connectivity index (χ2n) is 9.27. The van der Waals surface area contributed by atoms with Crippen LogP contribution in [0.25, 0.3) is 27.9 Å². The second-order valence-corrected chi connectivity index (χ2v) is 9.27. The Bertz CT molecular complexity index is 1560. The number of carbonyl (C=O) groups is 1.